The van der Waals surface area contributed by atoms with E-state index in [2.05, 4.69) is 34.1 Å². The van der Waals surface area contributed by atoms with Gasteiger partial charge in [-0.05, 0) is 96.6 Å². The number of carbonyl (C=O) groups is 1. The quantitative estimate of drug-likeness (QED) is 0.221. The molecule has 1 saturated carbocycles. The van der Waals surface area contributed by atoms with E-state index < -0.39 is 29.6 Å². The lowest BCUT2D eigenvalue weighted by atomic mass is 9.88. The van der Waals surface area contributed by atoms with E-state index >= 15 is 0 Å². The molecule has 2 aliphatic rings. The summed E-state index contributed by atoms with van der Waals surface area (Å²) in [6.45, 7) is 5.32. The predicted molar refractivity (Wildman–Crippen MR) is 159 cm³/mol. The number of aromatic nitrogens is 2. The Hall–Kier alpha value is -3.97. The van der Waals surface area contributed by atoms with Gasteiger partial charge in [0.15, 0.2) is 0 Å². The molecule has 14 heteroatoms. The third kappa shape index (κ3) is 9.29. The molecule has 0 radical (unpaired) electrons. The Labute approximate surface area is 263 Å². The van der Waals surface area contributed by atoms with Crippen molar-refractivity contribution in [2.75, 3.05) is 22.9 Å². The predicted octanol–water partition coefficient (Wildman–Crippen LogP) is 8.74. The van der Waals surface area contributed by atoms with Crippen LogP contribution in [0.4, 0.5) is 42.8 Å². The number of nitrogens with zero attached hydrogens (tertiary/aromatic N) is 4. The van der Waals surface area contributed by atoms with Crippen LogP contribution in [0.3, 0.4) is 0 Å². The van der Waals surface area contributed by atoms with Gasteiger partial charge >= 0.3 is 18.5 Å². The summed E-state index contributed by atoms with van der Waals surface area (Å²) in [5, 5.41) is 17.9. The van der Waals surface area contributed by atoms with Crippen molar-refractivity contribution in [1.29, 1.82) is 0 Å². The Morgan fingerprint density at radius 3 is 1.98 bits per heavy atom. The van der Waals surface area contributed by atoms with Crippen LogP contribution in [0.1, 0.15) is 84.7 Å². The average molecular weight is 657 g/mol. The van der Waals surface area contributed by atoms with Crippen molar-refractivity contribution in [3.8, 4) is 0 Å². The van der Waals surface area contributed by atoms with Crippen molar-refractivity contribution >= 4 is 17.8 Å². The fraction of sp³-hybridized carbons (Fsp3) is 0.531. The maximum atomic E-state index is 13.6. The van der Waals surface area contributed by atoms with E-state index in [0.29, 0.717) is 5.92 Å². The smallest absolute Gasteiger partial charge is 0.450 e. The Bertz CT molecular complexity index is 1450. The van der Waals surface area contributed by atoms with Crippen LogP contribution in [-0.4, -0.2) is 39.6 Å². The number of alkyl halides is 6. The Kier molecular flexibility index (Phi) is 11.1. The third-order valence-electron chi connectivity index (χ3n) is 8.40. The molecular weight excluding hydrogens is 618 g/mol. The minimum absolute atomic E-state index is 0.111. The number of aryl methyl sites for hydroxylation is 3. The van der Waals surface area contributed by atoms with E-state index in [1.807, 2.05) is 0 Å². The topological polar surface area (TPSA) is 103 Å². The molecule has 252 valence electrons. The van der Waals surface area contributed by atoms with Crippen LogP contribution in [-0.2, 0) is 38.3 Å². The molecule has 2 aromatic carbocycles. The van der Waals surface area contributed by atoms with Gasteiger partial charge in [0.1, 0.15) is 0 Å². The molecule has 1 heterocycles. The summed E-state index contributed by atoms with van der Waals surface area (Å²) < 4.78 is 86.9. The lowest BCUT2D eigenvalue weighted by Crippen LogP contribution is -2.32. The molecule has 46 heavy (non-hydrogen) atoms. The molecule has 0 spiro atoms. The van der Waals surface area contributed by atoms with Crippen LogP contribution in [0.5, 0.6) is 0 Å². The van der Waals surface area contributed by atoms with Gasteiger partial charge in [0, 0.05) is 38.8 Å². The fourth-order valence-corrected chi connectivity index (χ4v) is 6.31. The molecule has 0 saturated heterocycles. The summed E-state index contributed by atoms with van der Waals surface area (Å²) in [6.07, 6.45) is -2.66. The van der Waals surface area contributed by atoms with Gasteiger partial charge in [-0.15, -0.1) is 0 Å². The van der Waals surface area contributed by atoms with Gasteiger partial charge in [0.05, 0.1) is 11.1 Å². The molecule has 0 atom stereocenters. The number of rotatable bonds is 9. The van der Waals surface area contributed by atoms with Crippen molar-refractivity contribution in [3.63, 3.8) is 0 Å². The number of anilines is 2. The SMILES string of the molecule is CCN(CC1CCCCC1)c1cc2c(cc1CN(Cc1cc(C(F)(F)F)cc(C(F)(F)F)c1)c1noc(C)n1)CCC2.O=C(O)O. The van der Waals surface area contributed by atoms with Gasteiger partial charge in [-0.3, -0.25) is 0 Å². The van der Waals surface area contributed by atoms with Gasteiger partial charge in [0.25, 0.3) is 5.95 Å². The largest absolute Gasteiger partial charge is 0.503 e. The molecule has 2 N–H and O–H groups in total. The second kappa shape index (κ2) is 14.6. The molecule has 1 aromatic heterocycles. The lowest BCUT2D eigenvalue weighted by Gasteiger charge is -2.33. The zero-order valence-electron chi connectivity index (χ0n) is 25.7. The molecule has 0 unspecified atom stereocenters. The molecule has 3 aromatic rings. The van der Waals surface area contributed by atoms with Crippen molar-refractivity contribution in [3.05, 3.63) is 69.6 Å². The first-order valence-corrected chi connectivity index (χ1v) is 15.3. The summed E-state index contributed by atoms with van der Waals surface area (Å²) >= 11 is 0. The van der Waals surface area contributed by atoms with E-state index in [-0.39, 0.29) is 36.6 Å². The van der Waals surface area contributed by atoms with E-state index in [4.69, 9.17) is 19.5 Å². The Morgan fingerprint density at radius 1 is 0.870 bits per heavy atom. The highest BCUT2D eigenvalue weighted by atomic mass is 19.4. The van der Waals surface area contributed by atoms with Gasteiger partial charge in [-0.2, -0.15) is 31.3 Å². The number of hydrogen-bond donors (Lipinski definition) is 2. The summed E-state index contributed by atoms with van der Waals surface area (Å²) in [6, 6.07) is 6.06. The third-order valence-corrected chi connectivity index (χ3v) is 8.40. The van der Waals surface area contributed by atoms with E-state index in [1.54, 1.807) is 11.8 Å². The number of halogens is 6. The number of carboxylic acid groups (broad SMARTS) is 2. The highest BCUT2D eigenvalue weighted by Gasteiger charge is 2.37. The van der Waals surface area contributed by atoms with E-state index in [0.717, 1.165) is 55.7 Å². The minimum atomic E-state index is -4.93. The van der Waals surface area contributed by atoms with Gasteiger partial charge in [-0.25, -0.2) is 4.79 Å². The molecule has 2 aliphatic carbocycles. The van der Waals surface area contributed by atoms with Crippen molar-refractivity contribution in [1.82, 2.24) is 10.1 Å². The summed E-state index contributed by atoms with van der Waals surface area (Å²) in [7, 11) is 0. The number of benzene rings is 2. The monoisotopic (exact) mass is 656 g/mol. The number of hydrogen-bond acceptors (Lipinski definition) is 6. The lowest BCUT2D eigenvalue weighted by molar-refractivity contribution is -0.143. The first-order valence-electron chi connectivity index (χ1n) is 15.3. The first kappa shape index (κ1) is 34.9. The maximum Gasteiger partial charge on any atom is 0.503 e. The molecule has 1 fully saturated rings. The summed E-state index contributed by atoms with van der Waals surface area (Å²) in [4.78, 5) is 16.8. The molecule has 0 amide bonds. The van der Waals surface area contributed by atoms with Crippen LogP contribution in [0.15, 0.2) is 34.9 Å². The second-order valence-corrected chi connectivity index (χ2v) is 11.8. The van der Waals surface area contributed by atoms with Crippen LogP contribution in [0.2, 0.25) is 0 Å². The maximum absolute atomic E-state index is 13.6. The first-order chi connectivity index (χ1) is 21.6. The van der Waals surface area contributed by atoms with E-state index in [9.17, 15) is 26.3 Å². The Balaban J connectivity index is 0.00000113. The van der Waals surface area contributed by atoms with Gasteiger partial charge < -0.3 is 24.5 Å². The van der Waals surface area contributed by atoms with Gasteiger partial charge in [-0.1, -0.05) is 25.3 Å². The fourth-order valence-electron chi connectivity index (χ4n) is 6.31. The van der Waals surface area contributed by atoms with Crippen molar-refractivity contribution in [2.24, 2.45) is 5.92 Å². The molecule has 0 bridgehead atoms. The molecular formula is C32H38F6N4O4. The standard InChI is InChI=1S/C31H36F6N4O.CH2O3/c1-3-40(17-21-8-5-4-6-9-21)28-15-24-11-7-10-23(24)14-25(28)19-41(29-38-20(2)42-39-29)18-22-12-26(30(32,33)34)16-27(13-22)31(35,36)37;2-1(3)4/h12-16,21H,3-11,17-19H2,1-2H3;(H2,2,3,4). The Morgan fingerprint density at radius 2 is 1.46 bits per heavy atom. The van der Waals surface area contributed by atoms with Crippen LogP contribution in [0, 0.1) is 12.8 Å². The summed E-state index contributed by atoms with van der Waals surface area (Å²) in [5.41, 5.74) is 1.68. The summed E-state index contributed by atoms with van der Waals surface area (Å²) in [5.74, 6) is 0.943. The van der Waals surface area contributed by atoms with Gasteiger partial charge in [0.2, 0.25) is 5.89 Å². The zero-order valence-corrected chi connectivity index (χ0v) is 25.7. The second-order valence-electron chi connectivity index (χ2n) is 11.8. The highest BCUT2D eigenvalue weighted by molar-refractivity contribution is 5.60. The van der Waals surface area contributed by atoms with Crippen LogP contribution < -0.4 is 9.80 Å². The highest BCUT2D eigenvalue weighted by Crippen LogP contribution is 2.38. The zero-order chi connectivity index (χ0) is 33.6. The van der Waals surface area contributed by atoms with Crippen LogP contribution >= 0.6 is 0 Å². The van der Waals surface area contributed by atoms with Crippen molar-refractivity contribution < 1.29 is 45.9 Å². The normalized spacial score (nSPS) is 15.2. The number of fused-ring (bicyclic) bond motifs is 1. The van der Waals surface area contributed by atoms with E-state index in [1.165, 1.54) is 43.2 Å². The minimum Gasteiger partial charge on any atom is -0.450 e. The average Bonchev–Trinajstić information content (AvgIpc) is 3.63. The van der Waals surface area contributed by atoms with Crippen LogP contribution in [0.25, 0.3) is 0 Å². The molecule has 0 aliphatic heterocycles. The van der Waals surface area contributed by atoms with Crippen molar-refractivity contribution in [2.45, 2.75) is 90.7 Å². The molecule has 8 nitrogen and oxygen atoms in total. The molecule has 5 rings (SSSR count).